The Labute approximate surface area is 160 Å². The van der Waals surface area contributed by atoms with E-state index in [-0.39, 0.29) is 0 Å². The molecule has 0 spiro atoms. The predicted octanol–water partition coefficient (Wildman–Crippen LogP) is 3.03. The summed E-state index contributed by atoms with van der Waals surface area (Å²) in [5, 5.41) is 3.39. The maximum atomic E-state index is 5.52. The summed E-state index contributed by atoms with van der Waals surface area (Å²) in [5.74, 6) is 3.68. The topological polar surface area (TPSA) is 67.4 Å². The molecule has 0 aromatic heterocycles. The lowest BCUT2D eigenvalue weighted by Gasteiger charge is -2.18. The van der Waals surface area contributed by atoms with E-state index >= 15 is 0 Å². The van der Waals surface area contributed by atoms with Crippen molar-refractivity contribution in [2.24, 2.45) is 0 Å². The molecule has 27 heavy (non-hydrogen) atoms. The number of methoxy groups -OCH3 is 6. The molecule has 0 radical (unpaired) electrons. The van der Waals surface area contributed by atoms with Crippen molar-refractivity contribution in [2.75, 3.05) is 42.7 Å². The van der Waals surface area contributed by atoms with Gasteiger partial charge < -0.3 is 33.7 Å². The van der Waals surface area contributed by atoms with Crippen molar-refractivity contribution in [1.29, 1.82) is 0 Å². The molecule has 2 aromatic carbocycles. The fraction of sp³-hybridized carbons (Fsp3) is 0.400. The summed E-state index contributed by atoms with van der Waals surface area (Å²) in [7, 11) is 9.59. The first-order valence-corrected chi connectivity index (χ1v) is 8.41. The van der Waals surface area contributed by atoms with Crippen LogP contribution in [-0.2, 0) is 13.1 Å². The first-order valence-electron chi connectivity index (χ1n) is 8.41. The minimum Gasteiger partial charge on any atom is -0.493 e. The molecule has 0 amide bonds. The molecule has 0 saturated carbocycles. The van der Waals surface area contributed by atoms with Crippen LogP contribution in [-0.4, -0.2) is 42.7 Å². The molecule has 0 bridgehead atoms. The molecule has 0 aliphatic carbocycles. The molecule has 2 rings (SSSR count). The number of ether oxygens (including phenoxy) is 6. The Balaban J connectivity index is 2.20. The van der Waals surface area contributed by atoms with Crippen LogP contribution in [0.3, 0.4) is 0 Å². The quantitative estimate of drug-likeness (QED) is 0.683. The van der Waals surface area contributed by atoms with Gasteiger partial charge in [0, 0.05) is 24.2 Å². The molecule has 7 heteroatoms. The molecular weight excluding hydrogens is 350 g/mol. The standard InChI is InChI=1S/C20H27NO6/c1-22-15-9-7-13(17(24-3)19(15)26-5)11-21-12-14-8-10-16(23-2)20(27-6)18(14)25-4/h7-10,21H,11-12H2,1-6H3. The van der Waals surface area contributed by atoms with Crippen LogP contribution in [0.25, 0.3) is 0 Å². The minimum atomic E-state index is 0.570. The molecule has 0 saturated heterocycles. The van der Waals surface area contributed by atoms with Gasteiger partial charge in [-0.05, 0) is 12.1 Å². The zero-order chi connectivity index (χ0) is 19.8. The van der Waals surface area contributed by atoms with E-state index in [9.17, 15) is 0 Å². The summed E-state index contributed by atoms with van der Waals surface area (Å²) in [6.07, 6.45) is 0. The van der Waals surface area contributed by atoms with E-state index in [4.69, 9.17) is 28.4 Å². The van der Waals surface area contributed by atoms with Gasteiger partial charge in [0.15, 0.2) is 23.0 Å². The lowest BCUT2D eigenvalue weighted by molar-refractivity contribution is 0.320. The summed E-state index contributed by atoms with van der Waals surface area (Å²) in [5.41, 5.74) is 1.91. The Hall–Kier alpha value is -2.80. The monoisotopic (exact) mass is 377 g/mol. The van der Waals surface area contributed by atoms with Crippen LogP contribution < -0.4 is 33.7 Å². The number of nitrogens with one attached hydrogen (secondary N) is 1. The largest absolute Gasteiger partial charge is 0.493 e. The third-order valence-corrected chi connectivity index (χ3v) is 4.20. The third-order valence-electron chi connectivity index (χ3n) is 4.20. The highest BCUT2D eigenvalue weighted by atomic mass is 16.5. The van der Waals surface area contributed by atoms with Gasteiger partial charge >= 0.3 is 0 Å². The Morgan fingerprint density at radius 3 is 1.19 bits per heavy atom. The van der Waals surface area contributed by atoms with Crippen LogP contribution in [0.4, 0.5) is 0 Å². The van der Waals surface area contributed by atoms with Crippen LogP contribution >= 0.6 is 0 Å². The van der Waals surface area contributed by atoms with Gasteiger partial charge in [-0.15, -0.1) is 0 Å². The molecule has 7 nitrogen and oxygen atoms in total. The molecule has 148 valence electrons. The van der Waals surface area contributed by atoms with Crippen LogP contribution in [0, 0.1) is 0 Å². The minimum absolute atomic E-state index is 0.570. The van der Waals surface area contributed by atoms with Gasteiger partial charge in [-0.25, -0.2) is 0 Å². The predicted molar refractivity (Wildman–Crippen MR) is 103 cm³/mol. The molecule has 0 fully saturated rings. The average molecular weight is 377 g/mol. The summed E-state index contributed by atoms with van der Waals surface area (Å²) in [4.78, 5) is 0. The van der Waals surface area contributed by atoms with Crippen molar-refractivity contribution in [3.05, 3.63) is 35.4 Å². The maximum absolute atomic E-state index is 5.52. The van der Waals surface area contributed by atoms with E-state index in [2.05, 4.69) is 5.32 Å². The lowest BCUT2D eigenvalue weighted by Crippen LogP contribution is -2.15. The zero-order valence-electron chi connectivity index (χ0n) is 16.7. The van der Waals surface area contributed by atoms with Gasteiger partial charge in [-0.3, -0.25) is 0 Å². The first-order chi connectivity index (χ1) is 13.1. The molecule has 1 N–H and O–H groups in total. The van der Waals surface area contributed by atoms with Gasteiger partial charge in [0.1, 0.15) is 0 Å². The Kier molecular flexibility index (Phi) is 7.43. The normalized spacial score (nSPS) is 10.3. The first kappa shape index (κ1) is 20.5. The second kappa shape index (κ2) is 9.78. The fourth-order valence-electron chi connectivity index (χ4n) is 2.94. The second-order valence-electron chi connectivity index (χ2n) is 5.59. The van der Waals surface area contributed by atoms with Crippen molar-refractivity contribution in [3.63, 3.8) is 0 Å². The van der Waals surface area contributed by atoms with Crippen molar-refractivity contribution >= 4 is 0 Å². The number of benzene rings is 2. The van der Waals surface area contributed by atoms with E-state index in [0.29, 0.717) is 47.6 Å². The molecule has 0 heterocycles. The highest BCUT2D eigenvalue weighted by Crippen LogP contribution is 2.41. The summed E-state index contributed by atoms with van der Waals surface area (Å²) >= 11 is 0. The van der Waals surface area contributed by atoms with Gasteiger partial charge in [-0.1, -0.05) is 12.1 Å². The van der Waals surface area contributed by atoms with E-state index in [1.807, 2.05) is 24.3 Å². The SMILES string of the molecule is COc1ccc(CNCc2ccc(OC)c(OC)c2OC)c(OC)c1OC. The number of hydrogen-bond acceptors (Lipinski definition) is 7. The number of rotatable bonds is 10. The Bertz CT molecular complexity index is 699. The Morgan fingerprint density at radius 2 is 0.889 bits per heavy atom. The fourth-order valence-corrected chi connectivity index (χ4v) is 2.94. The molecule has 0 aliphatic heterocycles. The van der Waals surface area contributed by atoms with Crippen molar-refractivity contribution in [1.82, 2.24) is 5.32 Å². The van der Waals surface area contributed by atoms with Gasteiger partial charge in [0.25, 0.3) is 0 Å². The summed E-state index contributed by atoms with van der Waals surface area (Å²) in [6.45, 7) is 1.14. The molecular formula is C20H27NO6. The van der Waals surface area contributed by atoms with Gasteiger partial charge in [-0.2, -0.15) is 0 Å². The second-order valence-corrected chi connectivity index (χ2v) is 5.59. The highest BCUT2D eigenvalue weighted by molar-refractivity contribution is 5.57. The van der Waals surface area contributed by atoms with Crippen LogP contribution in [0.15, 0.2) is 24.3 Å². The lowest BCUT2D eigenvalue weighted by atomic mass is 10.1. The van der Waals surface area contributed by atoms with E-state index in [1.165, 1.54) is 0 Å². The smallest absolute Gasteiger partial charge is 0.203 e. The van der Waals surface area contributed by atoms with Gasteiger partial charge in [0.05, 0.1) is 42.7 Å². The van der Waals surface area contributed by atoms with Crippen molar-refractivity contribution < 1.29 is 28.4 Å². The van der Waals surface area contributed by atoms with Crippen LogP contribution in [0.1, 0.15) is 11.1 Å². The molecule has 2 aromatic rings. The average Bonchev–Trinajstić information content (AvgIpc) is 2.72. The maximum Gasteiger partial charge on any atom is 0.203 e. The molecule has 0 unspecified atom stereocenters. The van der Waals surface area contributed by atoms with Gasteiger partial charge in [0.2, 0.25) is 11.5 Å². The Morgan fingerprint density at radius 1 is 0.519 bits per heavy atom. The van der Waals surface area contributed by atoms with Crippen LogP contribution in [0.5, 0.6) is 34.5 Å². The third kappa shape index (κ3) is 4.31. The van der Waals surface area contributed by atoms with E-state index in [0.717, 1.165) is 11.1 Å². The highest BCUT2D eigenvalue weighted by Gasteiger charge is 2.17. The van der Waals surface area contributed by atoms with Crippen LogP contribution in [0.2, 0.25) is 0 Å². The zero-order valence-corrected chi connectivity index (χ0v) is 16.7. The van der Waals surface area contributed by atoms with E-state index in [1.54, 1.807) is 42.7 Å². The summed E-state index contributed by atoms with van der Waals surface area (Å²) < 4.78 is 32.5. The molecule has 0 atom stereocenters. The van der Waals surface area contributed by atoms with Crippen molar-refractivity contribution in [3.8, 4) is 34.5 Å². The molecule has 0 aliphatic rings. The van der Waals surface area contributed by atoms with Crippen molar-refractivity contribution in [2.45, 2.75) is 13.1 Å². The number of hydrogen-bond donors (Lipinski definition) is 1. The summed E-state index contributed by atoms with van der Waals surface area (Å²) in [6, 6.07) is 7.60. The van der Waals surface area contributed by atoms with E-state index < -0.39 is 0 Å².